The van der Waals surface area contributed by atoms with Crippen LogP contribution in [0.1, 0.15) is 162 Å². The Morgan fingerprint density at radius 1 is 0.717 bits per heavy atom. The van der Waals surface area contributed by atoms with Crippen LogP contribution >= 0.6 is 0 Å². The van der Waals surface area contributed by atoms with Crippen LogP contribution in [0.25, 0.3) is 0 Å². The van der Waals surface area contributed by atoms with Gasteiger partial charge in [0, 0.05) is 13.0 Å². The van der Waals surface area contributed by atoms with E-state index in [-0.39, 0.29) is 19.6 Å². The topological polar surface area (TPSA) is 178 Å². The van der Waals surface area contributed by atoms with Crippen LogP contribution < -0.4 is 0 Å². The molecule has 0 saturated carbocycles. The van der Waals surface area contributed by atoms with Crippen molar-refractivity contribution < 1.29 is 56.2 Å². The van der Waals surface area contributed by atoms with Crippen molar-refractivity contribution in [3.63, 3.8) is 0 Å². The number of rotatable bonds is 35. The van der Waals surface area contributed by atoms with E-state index in [0.29, 0.717) is 13.0 Å². The molecule has 0 bridgehead atoms. The number of esters is 1. The fourth-order valence-corrected chi connectivity index (χ4v) is 6.68. The molecule has 1 aliphatic heterocycles. The molecule has 1 heterocycles. The standard InChI is InChI=1S/C40H74O12S/c1-3-5-7-9-11-13-15-16-17-18-19-21-23-25-27-29-36(42)50-34(32-48-30-28-26-24-22-20-14-12-10-8-6-4-2)33-49-40-38(44)39(52-53(45,46)47)37(43)35(31-41)51-40/h11,13,16-17,34-35,37-41,43-44H,3-10,12,14-15,18-33H2,1-2H3,(H,45,46,47)/b13-11-,17-16-. The number of carbonyl (C=O) groups is 1. The van der Waals surface area contributed by atoms with E-state index in [0.717, 1.165) is 64.2 Å². The lowest BCUT2D eigenvalue weighted by molar-refractivity contribution is -0.301. The van der Waals surface area contributed by atoms with Gasteiger partial charge in [0.15, 0.2) is 6.29 Å². The first-order valence-corrected chi connectivity index (χ1v) is 22.0. The summed E-state index contributed by atoms with van der Waals surface area (Å²) in [5.41, 5.74) is 0. The van der Waals surface area contributed by atoms with Crippen LogP contribution in [0.3, 0.4) is 0 Å². The first-order valence-electron chi connectivity index (χ1n) is 20.6. The zero-order valence-corrected chi connectivity index (χ0v) is 33.6. The minimum Gasteiger partial charge on any atom is -0.457 e. The van der Waals surface area contributed by atoms with Crippen molar-refractivity contribution in [1.29, 1.82) is 0 Å². The van der Waals surface area contributed by atoms with E-state index in [9.17, 15) is 28.5 Å². The van der Waals surface area contributed by atoms with Gasteiger partial charge < -0.3 is 34.3 Å². The molecular weight excluding hydrogens is 704 g/mol. The molecule has 1 rings (SSSR count). The minimum absolute atomic E-state index is 0.0332. The molecule has 12 nitrogen and oxygen atoms in total. The van der Waals surface area contributed by atoms with Crippen molar-refractivity contribution in [2.45, 2.75) is 198 Å². The Hall–Kier alpha value is -1.42. The summed E-state index contributed by atoms with van der Waals surface area (Å²) >= 11 is 0. The third kappa shape index (κ3) is 26.9. The van der Waals surface area contributed by atoms with Crippen LogP contribution in [0.2, 0.25) is 0 Å². The molecule has 312 valence electrons. The minimum atomic E-state index is -5.06. The van der Waals surface area contributed by atoms with Crippen LogP contribution in [-0.4, -0.2) is 97.5 Å². The van der Waals surface area contributed by atoms with Gasteiger partial charge in [-0.2, -0.15) is 8.42 Å². The Morgan fingerprint density at radius 2 is 1.25 bits per heavy atom. The molecule has 1 aliphatic rings. The SMILES string of the molecule is CCCCC/C=C\C/C=C\CCCCCCCC(=O)OC(COCCCCCCCCCCCCC)COC1OC(CO)C(O)C(OS(=O)(=O)O)C1O. The maximum atomic E-state index is 12.8. The van der Waals surface area contributed by atoms with Crippen LogP contribution in [-0.2, 0) is 38.3 Å². The molecule has 6 unspecified atom stereocenters. The van der Waals surface area contributed by atoms with E-state index in [1.165, 1.54) is 70.6 Å². The summed E-state index contributed by atoms with van der Waals surface area (Å²) < 4.78 is 58.8. The average molecular weight is 779 g/mol. The van der Waals surface area contributed by atoms with Crippen molar-refractivity contribution in [3.8, 4) is 0 Å². The predicted octanol–water partition coefficient (Wildman–Crippen LogP) is 7.68. The first kappa shape index (κ1) is 49.6. The van der Waals surface area contributed by atoms with Crippen LogP contribution in [0.4, 0.5) is 0 Å². The van der Waals surface area contributed by atoms with Crippen LogP contribution in [0, 0.1) is 0 Å². The fraction of sp³-hybridized carbons (Fsp3) is 0.875. The maximum absolute atomic E-state index is 12.8. The molecule has 0 aromatic carbocycles. The summed E-state index contributed by atoms with van der Waals surface area (Å²) in [6, 6.07) is 0. The molecule has 1 fully saturated rings. The highest BCUT2D eigenvalue weighted by Gasteiger charge is 2.48. The summed E-state index contributed by atoms with van der Waals surface area (Å²) in [6.07, 6.45) is 25.0. The lowest BCUT2D eigenvalue weighted by atomic mass is 9.99. The Bertz CT molecular complexity index is 1040. The van der Waals surface area contributed by atoms with E-state index in [1.54, 1.807) is 0 Å². The van der Waals surface area contributed by atoms with Crippen molar-refractivity contribution in [2.75, 3.05) is 26.4 Å². The van der Waals surface area contributed by atoms with Gasteiger partial charge in [-0.05, 0) is 44.9 Å². The molecule has 4 N–H and O–H groups in total. The molecule has 0 aromatic rings. The highest BCUT2D eigenvalue weighted by atomic mass is 32.3. The summed E-state index contributed by atoms with van der Waals surface area (Å²) in [5, 5.41) is 30.5. The second-order valence-corrected chi connectivity index (χ2v) is 15.3. The number of allylic oxidation sites excluding steroid dienone is 4. The zero-order chi connectivity index (χ0) is 39.0. The Balaban J connectivity index is 2.49. The smallest absolute Gasteiger partial charge is 0.397 e. The van der Waals surface area contributed by atoms with E-state index >= 15 is 0 Å². The van der Waals surface area contributed by atoms with Gasteiger partial charge in [0.1, 0.15) is 30.5 Å². The third-order valence-electron chi connectivity index (χ3n) is 9.33. The van der Waals surface area contributed by atoms with Gasteiger partial charge in [-0.1, -0.05) is 134 Å². The summed E-state index contributed by atoms with van der Waals surface area (Å²) in [6.45, 7) is 3.93. The Kier molecular flexibility index (Phi) is 30.7. The van der Waals surface area contributed by atoms with Gasteiger partial charge in [0.2, 0.25) is 0 Å². The molecule has 6 atom stereocenters. The Morgan fingerprint density at radius 3 is 1.83 bits per heavy atom. The number of aliphatic hydroxyl groups is 3. The largest absolute Gasteiger partial charge is 0.457 e. The number of unbranched alkanes of at least 4 members (excludes halogenated alkanes) is 18. The number of carbonyl (C=O) groups excluding carboxylic acids is 1. The van der Waals surface area contributed by atoms with Gasteiger partial charge in [0.05, 0.1) is 19.8 Å². The average Bonchev–Trinajstić information content (AvgIpc) is 3.12. The quantitative estimate of drug-likeness (QED) is 0.0214. The van der Waals surface area contributed by atoms with Gasteiger partial charge in [-0.15, -0.1) is 0 Å². The lowest BCUT2D eigenvalue weighted by Crippen LogP contribution is -2.60. The number of hydrogen-bond donors (Lipinski definition) is 4. The summed E-state index contributed by atoms with van der Waals surface area (Å²) in [5.74, 6) is -0.413. The van der Waals surface area contributed by atoms with Crippen LogP contribution in [0.5, 0.6) is 0 Å². The summed E-state index contributed by atoms with van der Waals surface area (Å²) in [7, 11) is -5.06. The molecule has 0 aliphatic carbocycles. The summed E-state index contributed by atoms with van der Waals surface area (Å²) in [4.78, 5) is 12.8. The van der Waals surface area contributed by atoms with Crippen molar-refractivity contribution in [2.24, 2.45) is 0 Å². The molecule has 0 radical (unpaired) electrons. The second kappa shape index (κ2) is 32.8. The van der Waals surface area contributed by atoms with Gasteiger partial charge in [-0.25, -0.2) is 4.18 Å². The zero-order valence-electron chi connectivity index (χ0n) is 32.8. The van der Waals surface area contributed by atoms with E-state index in [4.69, 9.17) is 23.5 Å². The molecule has 0 aromatic heterocycles. The van der Waals surface area contributed by atoms with E-state index < -0.39 is 59.8 Å². The normalized spacial score (nSPS) is 21.5. The fourth-order valence-electron chi connectivity index (χ4n) is 6.17. The van der Waals surface area contributed by atoms with E-state index in [1.807, 2.05) is 0 Å². The van der Waals surface area contributed by atoms with Crippen molar-refractivity contribution >= 4 is 16.4 Å². The van der Waals surface area contributed by atoms with E-state index in [2.05, 4.69) is 42.3 Å². The highest BCUT2D eigenvalue weighted by molar-refractivity contribution is 7.80. The second-order valence-electron chi connectivity index (χ2n) is 14.2. The maximum Gasteiger partial charge on any atom is 0.397 e. The number of hydrogen-bond acceptors (Lipinski definition) is 11. The van der Waals surface area contributed by atoms with Gasteiger partial charge in [-0.3, -0.25) is 9.35 Å². The van der Waals surface area contributed by atoms with Gasteiger partial charge >= 0.3 is 16.4 Å². The monoisotopic (exact) mass is 778 g/mol. The van der Waals surface area contributed by atoms with Crippen molar-refractivity contribution in [3.05, 3.63) is 24.3 Å². The third-order valence-corrected chi connectivity index (χ3v) is 9.79. The highest BCUT2D eigenvalue weighted by Crippen LogP contribution is 2.26. The number of ether oxygens (including phenoxy) is 4. The predicted molar refractivity (Wildman–Crippen MR) is 207 cm³/mol. The molecule has 53 heavy (non-hydrogen) atoms. The molecule has 0 spiro atoms. The molecular formula is C40H74O12S. The van der Waals surface area contributed by atoms with Crippen molar-refractivity contribution in [1.82, 2.24) is 0 Å². The molecule has 0 amide bonds. The lowest BCUT2D eigenvalue weighted by Gasteiger charge is -2.41. The van der Waals surface area contributed by atoms with Crippen LogP contribution in [0.15, 0.2) is 24.3 Å². The number of aliphatic hydroxyl groups excluding tert-OH is 3. The Labute approximate surface area is 321 Å². The molecule has 1 saturated heterocycles. The van der Waals surface area contributed by atoms with Gasteiger partial charge in [0.25, 0.3) is 0 Å². The first-order chi connectivity index (χ1) is 25.6. The molecule has 13 heteroatoms.